The van der Waals surface area contributed by atoms with E-state index in [1.807, 2.05) is 18.2 Å². The Hall–Kier alpha value is -2.59. The number of nitrogens with zero attached hydrogens (tertiary/aromatic N) is 1. The van der Waals surface area contributed by atoms with Gasteiger partial charge in [0.15, 0.2) is 0 Å². The number of benzene rings is 3. The maximum absolute atomic E-state index is 12.2. The Bertz CT molecular complexity index is 1100. The van der Waals surface area contributed by atoms with Gasteiger partial charge in [-0.1, -0.05) is 54.6 Å². The zero-order valence-electron chi connectivity index (χ0n) is 13.9. The average Bonchev–Trinajstić information content (AvgIpc) is 2.66. The van der Waals surface area contributed by atoms with Crippen molar-refractivity contribution in [2.75, 3.05) is 0 Å². The van der Waals surface area contributed by atoms with E-state index in [0.29, 0.717) is 5.39 Å². The Balaban J connectivity index is 1.60. The minimum atomic E-state index is -0.0711. The summed E-state index contributed by atoms with van der Waals surface area (Å²) in [7, 11) is 0. The molecule has 25 heavy (non-hydrogen) atoms. The summed E-state index contributed by atoms with van der Waals surface area (Å²) in [6, 6.07) is 22.3. The molecule has 0 unspecified atom stereocenters. The minimum Gasteiger partial charge on any atom is -0.309 e. The molecule has 0 aliphatic carbocycles. The largest absolute Gasteiger partial charge is 0.309 e. The topological polar surface area (TPSA) is 45.8 Å². The number of H-pyrrole nitrogens is 1. The first-order valence-electron chi connectivity index (χ1n) is 8.29. The fourth-order valence-corrected chi connectivity index (χ4v) is 3.96. The molecule has 124 valence electrons. The summed E-state index contributed by atoms with van der Waals surface area (Å²) in [6.45, 7) is 2.09. The summed E-state index contributed by atoms with van der Waals surface area (Å²) < 4.78 is 0. The lowest BCUT2D eigenvalue weighted by molar-refractivity contribution is 0.922. The molecule has 0 spiro atoms. The molecule has 0 aliphatic heterocycles. The van der Waals surface area contributed by atoms with Crippen LogP contribution < -0.4 is 5.56 Å². The van der Waals surface area contributed by atoms with Crippen LogP contribution in [0.25, 0.3) is 21.7 Å². The van der Waals surface area contributed by atoms with Crippen molar-refractivity contribution in [3.05, 3.63) is 88.5 Å². The molecule has 0 radical (unpaired) electrons. The van der Waals surface area contributed by atoms with Crippen molar-refractivity contribution in [1.29, 1.82) is 0 Å². The Morgan fingerprint density at radius 2 is 1.68 bits per heavy atom. The zero-order chi connectivity index (χ0) is 17.2. The van der Waals surface area contributed by atoms with Gasteiger partial charge in [-0.3, -0.25) is 4.79 Å². The highest BCUT2D eigenvalue weighted by Crippen LogP contribution is 2.31. The third-order valence-electron chi connectivity index (χ3n) is 4.39. The van der Waals surface area contributed by atoms with Crippen molar-refractivity contribution in [2.24, 2.45) is 0 Å². The number of aromatic amines is 1. The predicted octanol–water partition coefficient (Wildman–Crippen LogP) is 5.07. The lowest BCUT2D eigenvalue weighted by Crippen LogP contribution is -2.12. The van der Waals surface area contributed by atoms with Crippen LogP contribution in [0.5, 0.6) is 0 Å². The Kier molecular flexibility index (Phi) is 4.28. The van der Waals surface area contributed by atoms with Crippen LogP contribution in [0.15, 0.2) is 71.5 Å². The molecule has 0 amide bonds. The standard InChI is InChI=1S/C21H18N2OS/c1-14(20-22-19-12-5-4-11-18(19)21(24)23-20)25-13-16-9-6-8-15-7-2-3-10-17(15)16/h2-12,14H,13H2,1H3,(H,22,23,24)/t14-/m0/s1. The SMILES string of the molecule is C[C@H](SCc1cccc2ccccc12)c1nc2ccccc2c(=O)[nH]1. The first-order valence-corrected chi connectivity index (χ1v) is 9.34. The molecular formula is C21H18N2OS. The van der Waals surface area contributed by atoms with Gasteiger partial charge in [0.25, 0.3) is 5.56 Å². The number of hydrogen-bond donors (Lipinski definition) is 1. The number of thioether (sulfide) groups is 1. The molecule has 0 bridgehead atoms. The van der Waals surface area contributed by atoms with Gasteiger partial charge >= 0.3 is 0 Å². The van der Waals surface area contributed by atoms with Crippen molar-refractivity contribution in [3.63, 3.8) is 0 Å². The summed E-state index contributed by atoms with van der Waals surface area (Å²) in [4.78, 5) is 19.8. The summed E-state index contributed by atoms with van der Waals surface area (Å²) >= 11 is 1.78. The molecule has 4 aromatic rings. The number of rotatable bonds is 4. The molecule has 0 aliphatic rings. The number of hydrogen-bond acceptors (Lipinski definition) is 3. The zero-order valence-corrected chi connectivity index (χ0v) is 14.7. The molecular weight excluding hydrogens is 328 g/mol. The van der Waals surface area contributed by atoms with Crippen LogP contribution in [0.1, 0.15) is 23.6 Å². The molecule has 1 atom stereocenters. The maximum Gasteiger partial charge on any atom is 0.258 e. The molecule has 1 aromatic heterocycles. The maximum atomic E-state index is 12.2. The Morgan fingerprint density at radius 3 is 2.56 bits per heavy atom. The number of nitrogens with one attached hydrogen (secondary N) is 1. The van der Waals surface area contributed by atoms with E-state index in [1.54, 1.807) is 17.8 Å². The third-order valence-corrected chi connectivity index (χ3v) is 5.59. The normalized spacial score (nSPS) is 12.5. The van der Waals surface area contributed by atoms with Crippen LogP contribution >= 0.6 is 11.8 Å². The van der Waals surface area contributed by atoms with Crippen molar-refractivity contribution in [3.8, 4) is 0 Å². The first kappa shape index (κ1) is 15.9. The smallest absolute Gasteiger partial charge is 0.258 e. The molecule has 3 aromatic carbocycles. The van der Waals surface area contributed by atoms with Crippen LogP contribution in [-0.2, 0) is 5.75 Å². The monoisotopic (exact) mass is 346 g/mol. The number of aromatic nitrogens is 2. The molecule has 1 N–H and O–H groups in total. The molecule has 0 fully saturated rings. The van der Waals surface area contributed by atoms with Gasteiger partial charge in [-0.05, 0) is 35.4 Å². The van der Waals surface area contributed by atoms with Gasteiger partial charge in [0.2, 0.25) is 0 Å². The lowest BCUT2D eigenvalue weighted by Gasteiger charge is -2.12. The average molecular weight is 346 g/mol. The fraction of sp³-hybridized carbons (Fsp3) is 0.143. The Morgan fingerprint density at radius 1 is 0.960 bits per heavy atom. The van der Waals surface area contributed by atoms with Gasteiger partial charge in [-0.2, -0.15) is 0 Å². The van der Waals surface area contributed by atoms with E-state index in [-0.39, 0.29) is 10.8 Å². The van der Waals surface area contributed by atoms with Gasteiger partial charge in [-0.25, -0.2) is 4.98 Å². The van der Waals surface area contributed by atoms with Gasteiger partial charge in [0.1, 0.15) is 5.82 Å². The van der Waals surface area contributed by atoms with Crippen molar-refractivity contribution < 1.29 is 0 Å². The molecule has 4 rings (SSSR count). The quantitative estimate of drug-likeness (QED) is 0.561. The van der Waals surface area contributed by atoms with E-state index in [2.05, 4.69) is 59.4 Å². The summed E-state index contributed by atoms with van der Waals surface area (Å²) in [5.41, 5.74) is 1.98. The summed E-state index contributed by atoms with van der Waals surface area (Å²) in [5.74, 6) is 1.60. The Labute approximate surface area is 150 Å². The van der Waals surface area contributed by atoms with Crippen molar-refractivity contribution >= 4 is 33.4 Å². The summed E-state index contributed by atoms with van der Waals surface area (Å²) in [5, 5.41) is 3.28. The molecule has 0 saturated heterocycles. The highest BCUT2D eigenvalue weighted by atomic mass is 32.2. The van der Waals surface area contributed by atoms with Crippen LogP contribution in [0.4, 0.5) is 0 Å². The number of para-hydroxylation sites is 1. The van der Waals surface area contributed by atoms with E-state index in [1.165, 1.54) is 16.3 Å². The van der Waals surface area contributed by atoms with E-state index >= 15 is 0 Å². The van der Waals surface area contributed by atoms with Gasteiger partial charge in [-0.15, -0.1) is 11.8 Å². The first-order chi connectivity index (χ1) is 12.2. The second kappa shape index (κ2) is 6.73. The summed E-state index contributed by atoms with van der Waals surface area (Å²) in [6.07, 6.45) is 0. The minimum absolute atomic E-state index is 0.0711. The molecule has 3 nitrogen and oxygen atoms in total. The van der Waals surface area contributed by atoms with Gasteiger partial charge in [0.05, 0.1) is 16.2 Å². The van der Waals surface area contributed by atoms with Crippen molar-refractivity contribution in [2.45, 2.75) is 17.9 Å². The van der Waals surface area contributed by atoms with E-state index < -0.39 is 0 Å². The van der Waals surface area contributed by atoms with Crippen LogP contribution in [0, 0.1) is 0 Å². The predicted molar refractivity (Wildman–Crippen MR) is 106 cm³/mol. The van der Waals surface area contributed by atoms with Gasteiger partial charge < -0.3 is 4.98 Å². The molecule has 4 heteroatoms. The third kappa shape index (κ3) is 3.17. The second-order valence-corrected chi connectivity index (χ2v) is 7.39. The van der Waals surface area contributed by atoms with Crippen LogP contribution in [0.3, 0.4) is 0 Å². The van der Waals surface area contributed by atoms with E-state index in [9.17, 15) is 4.79 Å². The van der Waals surface area contributed by atoms with Crippen molar-refractivity contribution in [1.82, 2.24) is 9.97 Å². The van der Waals surface area contributed by atoms with Crippen LogP contribution in [0.2, 0.25) is 0 Å². The van der Waals surface area contributed by atoms with E-state index in [0.717, 1.165) is 17.1 Å². The second-order valence-electron chi connectivity index (χ2n) is 6.06. The molecule has 0 saturated carbocycles. The lowest BCUT2D eigenvalue weighted by atomic mass is 10.1. The number of fused-ring (bicyclic) bond motifs is 2. The van der Waals surface area contributed by atoms with Gasteiger partial charge in [0, 0.05) is 5.75 Å². The fourth-order valence-electron chi connectivity index (χ4n) is 3.01. The highest BCUT2D eigenvalue weighted by Gasteiger charge is 2.12. The molecule has 1 heterocycles. The van der Waals surface area contributed by atoms with E-state index in [4.69, 9.17) is 0 Å². The highest BCUT2D eigenvalue weighted by molar-refractivity contribution is 7.98. The van der Waals surface area contributed by atoms with Crippen LogP contribution in [-0.4, -0.2) is 9.97 Å².